The topological polar surface area (TPSA) is 98.8 Å². The van der Waals surface area contributed by atoms with Crippen molar-refractivity contribution in [1.29, 1.82) is 0 Å². The molecule has 0 saturated heterocycles. The first-order valence-corrected chi connectivity index (χ1v) is 4.57. The summed E-state index contributed by atoms with van der Waals surface area (Å²) >= 11 is 0. The minimum absolute atomic E-state index is 0.112. The summed E-state index contributed by atoms with van der Waals surface area (Å²) in [6.45, 7) is 1.75. The number of hydrogen-bond acceptors (Lipinski definition) is 5. The molecule has 0 atom stereocenters. The van der Waals surface area contributed by atoms with E-state index in [1.807, 2.05) is 0 Å². The lowest BCUT2D eigenvalue weighted by molar-refractivity contribution is 0.0596. The van der Waals surface area contributed by atoms with Gasteiger partial charge in [0, 0.05) is 6.20 Å². The molecule has 0 radical (unpaired) electrons. The third-order valence-corrected chi connectivity index (χ3v) is 2.20. The highest BCUT2D eigenvalue weighted by atomic mass is 16.5. The van der Waals surface area contributed by atoms with Crippen molar-refractivity contribution < 1.29 is 9.53 Å². The average molecular weight is 221 g/mol. The van der Waals surface area contributed by atoms with Crippen LogP contribution in [0, 0.1) is 6.92 Å². The number of ether oxygens (including phenoxy) is 1. The Balaban J connectivity index is 2.56. The Morgan fingerprint density at radius 3 is 2.94 bits per heavy atom. The zero-order chi connectivity index (χ0) is 11.7. The summed E-state index contributed by atoms with van der Waals surface area (Å²) < 4.78 is 6.21. The van der Waals surface area contributed by atoms with Crippen LogP contribution in [0.2, 0.25) is 0 Å². The Bertz CT molecular complexity index is 514. The van der Waals surface area contributed by atoms with E-state index < -0.39 is 5.97 Å². The van der Waals surface area contributed by atoms with Gasteiger partial charge in [-0.05, 0) is 6.92 Å². The summed E-state index contributed by atoms with van der Waals surface area (Å²) in [6, 6.07) is 0. The molecule has 84 valence electrons. The molecule has 0 aliphatic heterocycles. The lowest BCUT2D eigenvalue weighted by Gasteiger charge is -2.03. The predicted molar refractivity (Wildman–Crippen MR) is 56.2 cm³/mol. The second-order valence-electron chi connectivity index (χ2n) is 3.18. The Morgan fingerprint density at radius 2 is 2.38 bits per heavy atom. The van der Waals surface area contributed by atoms with Crippen molar-refractivity contribution in [3.05, 3.63) is 23.9 Å². The van der Waals surface area contributed by atoms with Crippen LogP contribution in [0.3, 0.4) is 0 Å². The lowest BCUT2D eigenvalue weighted by Crippen LogP contribution is -2.07. The van der Waals surface area contributed by atoms with Crippen LogP contribution in [-0.2, 0) is 4.74 Å². The summed E-state index contributed by atoms with van der Waals surface area (Å²) in [5.74, 6) is 0.285. The van der Waals surface area contributed by atoms with E-state index >= 15 is 0 Å². The number of aromatic amines is 1. The number of nitrogen functional groups attached to an aromatic ring is 1. The second-order valence-corrected chi connectivity index (χ2v) is 3.18. The molecule has 0 spiro atoms. The van der Waals surface area contributed by atoms with Crippen LogP contribution in [0.15, 0.2) is 12.4 Å². The monoisotopic (exact) mass is 221 g/mol. The Kier molecular flexibility index (Phi) is 2.35. The minimum atomic E-state index is -0.553. The summed E-state index contributed by atoms with van der Waals surface area (Å²) in [7, 11) is 1.29. The summed E-state index contributed by atoms with van der Waals surface area (Å²) in [5, 5.41) is 6.47. The molecule has 3 N–H and O–H groups in total. The van der Waals surface area contributed by atoms with Crippen LogP contribution in [0.5, 0.6) is 0 Å². The molecule has 0 aromatic carbocycles. The van der Waals surface area contributed by atoms with Crippen molar-refractivity contribution in [1.82, 2.24) is 19.7 Å². The fraction of sp³-hybridized carbons (Fsp3) is 0.222. The normalized spacial score (nSPS) is 10.4. The first kappa shape index (κ1) is 10.2. The molecule has 0 bridgehead atoms. The highest BCUT2D eigenvalue weighted by Gasteiger charge is 2.20. The van der Waals surface area contributed by atoms with Crippen LogP contribution < -0.4 is 5.73 Å². The van der Waals surface area contributed by atoms with Crippen LogP contribution >= 0.6 is 0 Å². The van der Waals surface area contributed by atoms with Gasteiger partial charge in [-0.25, -0.2) is 9.78 Å². The van der Waals surface area contributed by atoms with Crippen LogP contribution in [-0.4, -0.2) is 32.8 Å². The number of H-pyrrole nitrogens is 1. The number of nitrogens with one attached hydrogen (secondary N) is 1. The standard InChI is InChI=1S/C9H11N5O2/c1-5-13-7(9(15)16-2)8(10)14(5)6-3-11-12-4-6/h3-4H,10H2,1-2H3,(H,11,12). The number of methoxy groups -OCH3 is 1. The van der Waals surface area contributed by atoms with E-state index in [9.17, 15) is 4.79 Å². The number of hydrogen-bond donors (Lipinski definition) is 2. The molecule has 0 unspecified atom stereocenters. The third kappa shape index (κ3) is 1.42. The number of anilines is 1. The Labute approximate surface area is 91.2 Å². The molecule has 0 aliphatic rings. The number of aryl methyl sites for hydroxylation is 1. The van der Waals surface area contributed by atoms with Crippen LogP contribution in [0.1, 0.15) is 16.3 Å². The van der Waals surface area contributed by atoms with Gasteiger partial charge in [0.25, 0.3) is 0 Å². The fourth-order valence-corrected chi connectivity index (χ4v) is 1.49. The molecule has 2 rings (SSSR count). The van der Waals surface area contributed by atoms with Gasteiger partial charge < -0.3 is 10.5 Å². The number of esters is 1. The van der Waals surface area contributed by atoms with Crippen molar-refractivity contribution in [3.8, 4) is 5.69 Å². The average Bonchev–Trinajstić information content (AvgIpc) is 2.86. The maximum atomic E-state index is 11.4. The van der Waals surface area contributed by atoms with Gasteiger partial charge in [0.05, 0.1) is 19.0 Å². The maximum Gasteiger partial charge on any atom is 0.360 e. The number of rotatable bonds is 2. The van der Waals surface area contributed by atoms with Crippen LogP contribution in [0.4, 0.5) is 5.82 Å². The third-order valence-electron chi connectivity index (χ3n) is 2.20. The number of carbonyl (C=O) groups is 1. The predicted octanol–water partition coefficient (Wildman–Crippen LogP) is 0.273. The SMILES string of the molecule is COC(=O)c1nc(C)n(-c2cn[nH]c2)c1N. The first-order valence-electron chi connectivity index (χ1n) is 4.57. The van der Waals surface area contributed by atoms with Crippen LogP contribution in [0.25, 0.3) is 5.69 Å². The highest BCUT2D eigenvalue weighted by Crippen LogP contribution is 2.19. The summed E-state index contributed by atoms with van der Waals surface area (Å²) in [6.07, 6.45) is 3.25. The molecule has 0 aliphatic carbocycles. The summed E-state index contributed by atoms with van der Waals surface area (Å²) in [5.41, 5.74) is 6.66. The van der Waals surface area contributed by atoms with E-state index in [-0.39, 0.29) is 11.5 Å². The highest BCUT2D eigenvalue weighted by molar-refractivity contribution is 5.92. The quantitative estimate of drug-likeness (QED) is 0.709. The van der Waals surface area contributed by atoms with Crippen molar-refractivity contribution in [2.45, 2.75) is 6.92 Å². The van der Waals surface area contributed by atoms with E-state index in [1.54, 1.807) is 23.9 Å². The van der Waals surface area contributed by atoms with E-state index in [0.717, 1.165) is 5.69 Å². The zero-order valence-corrected chi connectivity index (χ0v) is 8.89. The van der Waals surface area contributed by atoms with Gasteiger partial charge in [-0.15, -0.1) is 0 Å². The first-order chi connectivity index (χ1) is 7.65. The van der Waals surface area contributed by atoms with Gasteiger partial charge in [0.1, 0.15) is 11.6 Å². The van der Waals surface area contributed by atoms with E-state index in [0.29, 0.717) is 5.82 Å². The van der Waals surface area contributed by atoms with Crippen molar-refractivity contribution >= 4 is 11.8 Å². The largest absolute Gasteiger partial charge is 0.464 e. The smallest absolute Gasteiger partial charge is 0.360 e. The second kappa shape index (κ2) is 3.69. The molecule has 16 heavy (non-hydrogen) atoms. The van der Waals surface area contributed by atoms with Crippen molar-refractivity contribution in [2.75, 3.05) is 12.8 Å². The van der Waals surface area contributed by atoms with Gasteiger partial charge in [-0.3, -0.25) is 9.67 Å². The Morgan fingerprint density at radius 1 is 1.62 bits per heavy atom. The lowest BCUT2D eigenvalue weighted by atomic mass is 10.4. The molecule has 0 amide bonds. The molecule has 2 heterocycles. The number of nitrogens with zero attached hydrogens (tertiary/aromatic N) is 3. The van der Waals surface area contributed by atoms with E-state index in [4.69, 9.17) is 5.73 Å². The molecule has 2 aromatic rings. The van der Waals surface area contributed by atoms with Gasteiger partial charge >= 0.3 is 5.97 Å². The van der Waals surface area contributed by atoms with Gasteiger partial charge in [-0.1, -0.05) is 0 Å². The number of aromatic nitrogens is 4. The molecular weight excluding hydrogens is 210 g/mol. The molecule has 0 fully saturated rings. The minimum Gasteiger partial charge on any atom is -0.464 e. The van der Waals surface area contributed by atoms with Crippen molar-refractivity contribution in [2.24, 2.45) is 0 Å². The molecule has 7 nitrogen and oxygen atoms in total. The van der Waals surface area contributed by atoms with E-state index in [1.165, 1.54) is 7.11 Å². The van der Waals surface area contributed by atoms with E-state index in [2.05, 4.69) is 19.9 Å². The number of imidazole rings is 1. The molecule has 0 saturated carbocycles. The number of nitrogens with two attached hydrogens (primary N) is 1. The molecule has 7 heteroatoms. The molecule has 2 aromatic heterocycles. The zero-order valence-electron chi connectivity index (χ0n) is 8.89. The molecular formula is C9H11N5O2. The maximum absolute atomic E-state index is 11.4. The summed E-state index contributed by atoms with van der Waals surface area (Å²) in [4.78, 5) is 15.4. The van der Waals surface area contributed by atoms with Crippen molar-refractivity contribution in [3.63, 3.8) is 0 Å². The van der Waals surface area contributed by atoms with Gasteiger partial charge in [0.2, 0.25) is 0 Å². The Hall–Kier alpha value is -2.31. The number of carbonyl (C=O) groups excluding carboxylic acids is 1. The van der Waals surface area contributed by atoms with Gasteiger partial charge in [0.15, 0.2) is 5.69 Å². The van der Waals surface area contributed by atoms with Gasteiger partial charge in [-0.2, -0.15) is 5.10 Å². The fourth-order valence-electron chi connectivity index (χ4n) is 1.49.